The number of hydrogen-bond acceptors (Lipinski definition) is 3. The molecule has 1 amide bonds. The maximum absolute atomic E-state index is 11.7. The Morgan fingerprint density at radius 2 is 2.40 bits per heavy atom. The van der Waals surface area contributed by atoms with E-state index in [1.165, 1.54) is 16.7 Å². The number of anilines is 1. The van der Waals surface area contributed by atoms with Gasteiger partial charge in [0.05, 0.1) is 0 Å². The normalized spacial score (nSPS) is 11.9. The van der Waals surface area contributed by atoms with Crippen molar-refractivity contribution in [3.8, 4) is 0 Å². The minimum atomic E-state index is -0.0268. The fourth-order valence-electron chi connectivity index (χ4n) is 0.932. The van der Waals surface area contributed by atoms with Crippen molar-refractivity contribution in [1.29, 1.82) is 0 Å². The van der Waals surface area contributed by atoms with Crippen LogP contribution in [0.15, 0.2) is 37.1 Å². The average Bonchev–Trinajstić information content (AvgIpc) is 2.29. The van der Waals surface area contributed by atoms with E-state index in [9.17, 15) is 4.79 Å². The second-order valence-corrected chi connectivity index (χ2v) is 4.40. The summed E-state index contributed by atoms with van der Waals surface area (Å²) in [5, 5.41) is 0.0877. The van der Waals surface area contributed by atoms with Crippen LogP contribution in [0.1, 0.15) is 6.92 Å². The van der Waals surface area contributed by atoms with Crippen LogP contribution in [0.4, 0.5) is 10.6 Å². The molecule has 15 heavy (non-hydrogen) atoms. The van der Waals surface area contributed by atoms with Crippen molar-refractivity contribution in [2.24, 2.45) is 0 Å². The number of nitrogens with zero attached hydrogens (tertiary/aromatic N) is 2. The average molecular weight is 222 g/mol. The van der Waals surface area contributed by atoms with E-state index in [2.05, 4.69) is 11.6 Å². The highest BCUT2D eigenvalue weighted by molar-refractivity contribution is 8.14. The summed E-state index contributed by atoms with van der Waals surface area (Å²) in [6, 6.07) is 5.48. The van der Waals surface area contributed by atoms with Gasteiger partial charge < -0.3 is 0 Å². The second-order valence-electron chi connectivity index (χ2n) is 3.07. The van der Waals surface area contributed by atoms with Gasteiger partial charge in [0.15, 0.2) is 0 Å². The van der Waals surface area contributed by atoms with Gasteiger partial charge in [-0.1, -0.05) is 23.9 Å². The first-order valence-electron chi connectivity index (χ1n) is 4.63. The second kappa shape index (κ2) is 5.56. The topological polar surface area (TPSA) is 33.2 Å². The first kappa shape index (κ1) is 11.8. The highest BCUT2D eigenvalue weighted by atomic mass is 32.2. The van der Waals surface area contributed by atoms with Gasteiger partial charge in [0, 0.05) is 18.5 Å². The molecular formula is C11H14N2OS. The molecule has 0 radical (unpaired) electrons. The van der Waals surface area contributed by atoms with Gasteiger partial charge >= 0.3 is 0 Å². The van der Waals surface area contributed by atoms with E-state index in [-0.39, 0.29) is 10.5 Å². The van der Waals surface area contributed by atoms with Crippen LogP contribution in [0.25, 0.3) is 0 Å². The number of aromatic nitrogens is 1. The molecule has 0 aliphatic heterocycles. The predicted octanol–water partition coefficient (Wildman–Crippen LogP) is 2.95. The Morgan fingerprint density at radius 3 is 2.93 bits per heavy atom. The lowest BCUT2D eigenvalue weighted by Gasteiger charge is -2.16. The maximum Gasteiger partial charge on any atom is 0.287 e. The van der Waals surface area contributed by atoms with Crippen molar-refractivity contribution >= 4 is 22.8 Å². The first-order valence-corrected chi connectivity index (χ1v) is 5.51. The Kier molecular flexibility index (Phi) is 4.37. The van der Waals surface area contributed by atoms with E-state index in [4.69, 9.17) is 0 Å². The van der Waals surface area contributed by atoms with Crippen LogP contribution in [-0.4, -0.2) is 22.5 Å². The van der Waals surface area contributed by atoms with Crippen molar-refractivity contribution in [3.05, 3.63) is 37.1 Å². The summed E-state index contributed by atoms with van der Waals surface area (Å²) in [7, 11) is 1.72. The van der Waals surface area contributed by atoms with Gasteiger partial charge in [0.1, 0.15) is 5.82 Å². The third-order valence-corrected chi connectivity index (χ3v) is 2.93. The van der Waals surface area contributed by atoms with Gasteiger partial charge in [0.2, 0.25) is 0 Å². The molecule has 0 N–H and O–H groups in total. The SMILES string of the molecule is C=C[C@H](C)SC(=O)N(C)c1ccccn1. The van der Waals surface area contributed by atoms with Gasteiger partial charge in [-0.2, -0.15) is 0 Å². The lowest BCUT2D eigenvalue weighted by molar-refractivity contribution is 0.266. The Bertz CT molecular complexity index is 340. The van der Waals surface area contributed by atoms with Gasteiger partial charge in [-0.15, -0.1) is 6.58 Å². The predicted molar refractivity (Wildman–Crippen MR) is 65.3 cm³/mol. The van der Waals surface area contributed by atoms with Crippen LogP contribution in [-0.2, 0) is 0 Å². The molecule has 0 spiro atoms. The highest BCUT2D eigenvalue weighted by Crippen LogP contribution is 2.19. The fourth-order valence-corrected chi connectivity index (χ4v) is 1.60. The molecule has 0 saturated carbocycles. The van der Waals surface area contributed by atoms with Crippen molar-refractivity contribution in [3.63, 3.8) is 0 Å². The van der Waals surface area contributed by atoms with Gasteiger partial charge in [0.25, 0.3) is 5.24 Å². The number of amides is 1. The molecule has 1 atom stereocenters. The van der Waals surface area contributed by atoms with Crippen LogP contribution in [0.3, 0.4) is 0 Å². The van der Waals surface area contributed by atoms with Gasteiger partial charge in [-0.3, -0.25) is 9.69 Å². The van der Waals surface area contributed by atoms with Crippen molar-refractivity contribution < 1.29 is 4.79 Å². The minimum Gasteiger partial charge on any atom is -0.291 e. The number of carbonyl (C=O) groups excluding carboxylic acids is 1. The number of carbonyl (C=O) groups is 1. The van der Waals surface area contributed by atoms with E-state index >= 15 is 0 Å². The number of pyridine rings is 1. The molecule has 0 aliphatic carbocycles. The van der Waals surface area contributed by atoms with E-state index < -0.39 is 0 Å². The summed E-state index contributed by atoms with van der Waals surface area (Å²) in [4.78, 5) is 17.3. The zero-order chi connectivity index (χ0) is 11.3. The summed E-state index contributed by atoms with van der Waals surface area (Å²) < 4.78 is 0. The zero-order valence-corrected chi connectivity index (χ0v) is 9.70. The quantitative estimate of drug-likeness (QED) is 0.737. The third-order valence-electron chi connectivity index (χ3n) is 1.89. The molecule has 1 heterocycles. The lowest BCUT2D eigenvalue weighted by Crippen LogP contribution is -2.23. The van der Waals surface area contributed by atoms with Gasteiger partial charge in [-0.05, 0) is 19.1 Å². The molecule has 0 fully saturated rings. The smallest absolute Gasteiger partial charge is 0.287 e. The van der Waals surface area contributed by atoms with E-state index in [1.807, 2.05) is 19.1 Å². The standard InChI is InChI=1S/C11H14N2OS/c1-4-9(2)15-11(14)13(3)10-7-5-6-8-12-10/h4-9H,1H2,2-3H3/t9-/m0/s1. The molecule has 4 heteroatoms. The number of thioether (sulfide) groups is 1. The van der Waals surface area contributed by atoms with Crippen LogP contribution < -0.4 is 4.90 Å². The van der Waals surface area contributed by atoms with Gasteiger partial charge in [-0.25, -0.2) is 4.98 Å². The Balaban J connectivity index is 2.65. The highest BCUT2D eigenvalue weighted by Gasteiger charge is 2.14. The van der Waals surface area contributed by atoms with E-state index in [0.717, 1.165) is 0 Å². The monoisotopic (exact) mass is 222 g/mol. The lowest BCUT2D eigenvalue weighted by atomic mass is 10.4. The Morgan fingerprint density at radius 1 is 1.67 bits per heavy atom. The molecule has 1 aromatic heterocycles. The van der Waals surface area contributed by atoms with Crippen LogP contribution in [0.2, 0.25) is 0 Å². The Labute approximate surface area is 94.2 Å². The molecule has 0 aromatic carbocycles. The van der Waals surface area contributed by atoms with Crippen molar-refractivity contribution in [1.82, 2.24) is 4.98 Å². The number of rotatable bonds is 3. The molecule has 80 valence electrons. The summed E-state index contributed by atoms with van der Waals surface area (Å²) in [6.45, 7) is 5.57. The maximum atomic E-state index is 11.7. The van der Waals surface area contributed by atoms with E-state index in [1.54, 1.807) is 25.4 Å². The number of hydrogen-bond donors (Lipinski definition) is 0. The van der Waals surface area contributed by atoms with Crippen LogP contribution in [0, 0.1) is 0 Å². The fraction of sp³-hybridized carbons (Fsp3) is 0.273. The van der Waals surface area contributed by atoms with Crippen LogP contribution >= 0.6 is 11.8 Å². The molecule has 0 bridgehead atoms. The summed E-state index contributed by atoms with van der Waals surface area (Å²) in [6.07, 6.45) is 3.41. The third kappa shape index (κ3) is 3.40. The minimum absolute atomic E-state index is 0.0268. The largest absolute Gasteiger partial charge is 0.291 e. The zero-order valence-electron chi connectivity index (χ0n) is 8.88. The molecular weight excluding hydrogens is 208 g/mol. The van der Waals surface area contributed by atoms with Crippen molar-refractivity contribution in [2.75, 3.05) is 11.9 Å². The molecule has 1 rings (SSSR count). The molecule has 0 aliphatic rings. The molecule has 0 saturated heterocycles. The first-order chi connectivity index (χ1) is 7.15. The summed E-state index contributed by atoms with van der Waals surface area (Å²) in [5.41, 5.74) is 0. The van der Waals surface area contributed by atoms with Crippen LogP contribution in [0.5, 0.6) is 0 Å². The molecule has 0 unspecified atom stereocenters. The molecule has 3 nitrogen and oxygen atoms in total. The molecule has 1 aromatic rings. The summed E-state index contributed by atoms with van der Waals surface area (Å²) >= 11 is 1.23. The summed E-state index contributed by atoms with van der Waals surface area (Å²) in [5.74, 6) is 0.659. The Hall–Kier alpha value is -1.29. The van der Waals surface area contributed by atoms with Crippen molar-refractivity contribution in [2.45, 2.75) is 12.2 Å². The van der Waals surface area contributed by atoms with E-state index in [0.29, 0.717) is 5.82 Å².